The van der Waals surface area contributed by atoms with Crippen LogP contribution in [0.4, 0.5) is 0 Å². The minimum Gasteiger partial charge on any atom is -0.496 e. The lowest BCUT2D eigenvalue weighted by Gasteiger charge is -2.12. The second kappa shape index (κ2) is 6.05. The highest BCUT2D eigenvalue weighted by molar-refractivity contribution is 7.80. The summed E-state index contributed by atoms with van der Waals surface area (Å²) in [4.78, 5) is 0. The molecule has 5 nitrogen and oxygen atoms in total. The van der Waals surface area contributed by atoms with Gasteiger partial charge in [-0.15, -0.1) is 0 Å². The Bertz CT molecular complexity index is 424. The van der Waals surface area contributed by atoms with Gasteiger partial charge in [-0.05, 0) is 31.3 Å². The van der Waals surface area contributed by atoms with E-state index in [9.17, 15) is 0 Å². The smallest absolute Gasteiger partial charge is 0.184 e. The fraction of sp³-hybridized carbons (Fsp3) is 0.273. The Labute approximate surface area is 106 Å². The highest BCUT2D eigenvalue weighted by Crippen LogP contribution is 2.28. The van der Waals surface area contributed by atoms with Crippen molar-refractivity contribution < 1.29 is 9.47 Å². The number of rotatable bonds is 4. The van der Waals surface area contributed by atoms with Gasteiger partial charge in [-0.3, -0.25) is 5.43 Å². The molecule has 0 heterocycles. The highest BCUT2D eigenvalue weighted by atomic mass is 32.1. The van der Waals surface area contributed by atoms with Gasteiger partial charge in [0.15, 0.2) is 5.11 Å². The standard InChI is InChI=1S/C11H15N3O2S/c1-7(13-14-11(12)17)10-8(15-2)5-4-6-9(10)16-3/h4-6H,1-3H3,(H3,12,14,17). The number of benzene rings is 1. The number of nitrogens with two attached hydrogens (primary N) is 1. The zero-order valence-electron chi connectivity index (χ0n) is 9.98. The number of hydrogen-bond donors (Lipinski definition) is 2. The van der Waals surface area contributed by atoms with Crippen LogP contribution in [0.3, 0.4) is 0 Å². The average Bonchev–Trinajstić information content (AvgIpc) is 2.34. The number of hydrazone groups is 1. The van der Waals surface area contributed by atoms with Crippen molar-refractivity contribution in [2.24, 2.45) is 10.8 Å². The molecule has 0 amide bonds. The second-order valence-electron chi connectivity index (χ2n) is 3.21. The van der Waals surface area contributed by atoms with Gasteiger partial charge in [-0.25, -0.2) is 0 Å². The lowest BCUT2D eigenvalue weighted by Crippen LogP contribution is -2.25. The molecule has 0 aromatic heterocycles. The molecule has 0 atom stereocenters. The van der Waals surface area contributed by atoms with Crippen molar-refractivity contribution in [1.82, 2.24) is 5.43 Å². The Balaban J connectivity index is 3.17. The van der Waals surface area contributed by atoms with Crippen molar-refractivity contribution in [2.75, 3.05) is 14.2 Å². The van der Waals surface area contributed by atoms with Gasteiger partial charge in [0, 0.05) is 0 Å². The molecule has 0 spiro atoms. The summed E-state index contributed by atoms with van der Waals surface area (Å²) < 4.78 is 10.5. The molecule has 0 bridgehead atoms. The fourth-order valence-corrected chi connectivity index (χ4v) is 1.45. The summed E-state index contributed by atoms with van der Waals surface area (Å²) in [5, 5.41) is 4.16. The quantitative estimate of drug-likeness (QED) is 0.480. The van der Waals surface area contributed by atoms with E-state index >= 15 is 0 Å². The Morgan fingerprint density at radius 1 is 1.29 bits per heavy atom. The molecule has 1 aromatic carbocycles. The van der Waals surface area contributed by atoms with Crippen LogP contribution < -0.4 is 20.6 Å². The summed E-state index contributed by atoms with van der Waals surface area (Å²) in [6.45, 7) is 1.81. The maximum atomic E-state index is 5.31. The van der Waals surface area contributed by atoms with Crippen molar-refractivity contribution in [2.45, 2.75) is 6.92 Å². The van der Waals surface area contributed by atoms with Crippen LogP contribution in [0.5, 0.6) is 11.5 Å². The Kier molecular flexibility index (Phi) is 4.71. The molecule has 0 saturated heterocycles. The number of thiocarbonyl (C=S) groups is 1. The maximum Gasteiger partial charge on any atom is 0.184 e. The first-order valence-corrected chi connectivity index (χ1v) is 5.32. The number of nitrogens with zero attached hydrogens (tertiary/aromatic N) is 1. The molecule has 0 aliphatic carbocycles. The topological polar surface area (TPSA) is 68.9 Å². The Hall–Kier alpha value is -1.82. The SMILES string of the molecule is COc1cccc(OC)c1C(C)=NNC(N)=S. The summed E-state index contributed by atoms with van der Waals surface area (Å²) in [5.74, 6) is 1.35. The van der Waals surface area contributed by atoms with E-state index in [4.69, 9.17) is 15.2 Å². The molecule has 6 heteroatoms. The largest absolute Gasteiger partial charge is 0.496 e. The van der Waals surface area contributed by atoms with E-state index in [2.05, 4.69) is 22.7 Å². The predicted molar refractivity (Wildman–Crippen MR) is 71.7 cm³/mol. The Morgan fingerprint density at radius 2 is 1.82 bits per heavy atom. The van der Waals surface area contributed by atoms with Gasteiger partial charge in [0.05, 0.1) is 25.5 Å². The van der Waals surface area contributed by atoms with Crippen molar-refractivity contribution >= 4 is 23.0 Å². The molecule has 0 aliphatic heterocycles. The van der Waals surface area contributed by atoms with Gasteiger partial charge >= 0.3 is 0 Å². The average molecular weight is 253 g/mol. The monoisotopic (exact) mass is 253 g/mol. The third-order valence-electron chi connectivity index (χ3n) is 2.12. The van der Waals surface area contributed by atoms with E-state index in [1.165, 1.54) is 0 Å². The lowest BCUT2D eigenvalue weighted by molar-refractivity contribution is 0.392. The molecule has 17 heavy (non-hydrogen) atoms. The number of ether oxygens (including phenoxy) is 2. The van der Waals surface area contributed by atoms with Gasteiger partial charge in [0.1, 0.15) is 11.5 Å². The van der Waals surface area contributed by atoms with Crippen LogP contribution in [0.2, 0.25) is 0 Å². The summed E-state index contributed by atoms with van der Waals surface area (Å²) in [5.41, 5.74) is 9.28. The molecular formula is C11H15N3O2S. The normalized spacial score (nSPS) is 10.9. The van der Waals surface area contributed by atoms with Crippen LogP contribution in [-0.2, 0) is 0 Å². The third kappa shape index (κ3) is 3.32. The first kappa shape index (κ1) is 13.2. The lowest BCUT2D eigenvalue weighted by atomic mass is 10.1. The number of nitrogens with one attached hydrogen (secondary N) is 1. The van der Waals surface area contributed by atoms with E-state index < -0.39 is 0 Å². The summed E-state index contributed by atoms with van der Waals surface area (Å²) >= 11 is 4.68. The van der Waals surface area contributed by atoms with Gasteiger partial charge in [-0.1, -0.05) is 6.07 Å². The molecule has 0 fully saturated rings. The Morgan fingerprint density at radius 3 is 2.24 bits per heavy atom. The van der Waals surface area contributed by atoms with Crippen molar-refractivity contribution in [3.05, 3.63) is 23.8 Å². The molecular weight excluding hydrogens is 238 g/mol. The zero-order valence-corrected chi connectivity index (χ0v) is 10.8. The molecule has 0 radical (unpaired) electrons. The van der Waals surface area contributed by atoms with Crippen LogP contribution in [0.1, 0.15) is 12.5 Å². The number of hydrogen-bond acceptors (Lipinski definition) is 4. The summed E-state index contributed by atoms with van der Waals surface area (Å²) in [6.07, 6.45) is 0. The minimum atomic E-state index is 0.109. The van der Waals surface area contributed by atoms with Gasteiger partial charge in [-0.2, -0.15) is 5.10 Å². The molecule has 1 rings (SSSR count). The van der Waals surface area contributed by atoms with Gasteiger partial charge in [0.25, 0.3) is 0 Å². The van der Waals surface area contributed by atoms with E-state index in [0.29, 0.717) is 17.2 Å². The molecule has 0 saturated carbocycles. The fourth-order valence-electron chi connectivity index (χ4n) is 1.40. The highest BCUT2D eigenvalue weighted by Gasteiger charge is 2.12. The second-order valence-corrected chi connectivity index (χ2v) is 3.65. The molecule has 0 unspecified atom stereocenters. The van der Waals surface area contributed by atoms with Crippen LogP contribution in [0, 0.1) is 0 Å². The van der Waals surface area contributed by atoms with Crippen molar-refractivity contribution in [3.63, 3.8) is 0 Å². The van der Waals surface area contributed by atoms with Crippen LogP contribution in [-0.4, -0.2) is 25.0 Å². The predicted octanol–water partition coefficient (Wildman–Crippen LogP) is 1.26. The number of methoxy groups -OCH3 is 2. The van der Waals surface area contributed by atoms with E-state index in [-0.39, 0.29) is 5.11 Å². The first-order valence-electron chi connectivity index (χ1n) is 4.91. The molecule has 92 valence electrons. The third-order valence-corrected chi connectivity index (χ3v) is 2.21. The maximum absolute atomic E-state index is 5.31. The van der Waals surface area contributed by atoms with Crippen LogP contribution in [0.25, 0.3) is 0 Å². The van der Waals surface area contributed by atoms with Crippen molar-refractivity contribution in [1.29, 1.82) is 0 Å². The first-order chi connectivity index (χ1) is 8.10. The van der Waals surface area contributed by atoms with Gasteiger partial charge in [0.2, 0.25) is 0 Å². The summed E-state index contributed by atoms with van der Waals surface area (Å²) in [7, 11) is 3.18. The van der Waals surface area contributed by atoms with Crippen molar-refractivity contribution in [3.8, 4) is 11.5 Å². The van der Waals surface area contributed by atoms with E-state index in [1.807, 2.05) is 25.1 Å². The molecule has 0 aliphatic rings. The minimum absolute atomic E-state index is 0.109. The van der Waals surface area contributed by atoms with Gasteiger partial charge < -0.3 is 15.2 Å². The summed E-state index contributed by atoms with van der Waals surface area (Å²) in [6, 6.07) is 5.50. The van der Waals surface area contributed by atoms with E-state index in [0.717, 1.165) is 5.56 Å². The van der Waals surface area contributed by atoms with Crippen LogP contribution >= 0.6 is 12.2 Å². The van der Waals surface area contributed by atoms with E-state index in [1.54, 1.807) is 14.2 Å². The molecule has 3 N–H and O–H groups in total. The molecule has 1 aromatic rings. The zero-order chi connectivity index (χ0) is 12.8. The van der Waals surface area contributed by atoms with Crippen LogP contribution in [0.15, 0.2) is 23.3 Å².